The molecule has 0 saturated heterocycles. The highest BCUT2D eigenvalue weighted by molar-refractivity contribution is 7.86. The molecular weight excluding hydrogens is 168 g/mol. The summed E-state index contributed by atoms with van der Waals surface area (Å²) in [6.45, 7) is 0. The average molecular weight is 173 g/mol. The summed E-state index contributed by atoms with van der Waals surface area (Å²) in [4.78, 5) is -0.528. The maximum atomic E-state index is 10.4. The lowest BCUT2D eigenvalue weighted by molar-refractivity contribution is 0.443. The maximum absolute atomic E-state index is 10.4. The Balaban J connectivity index is 3.37. The highest BCUT2D eigenvalue weighted by Gasteiger charge is 2.13. The molecule has 0 aliphatic carbocycles. The fourth-order valence-corrected chi connectivity index (χ4v) is 1.16. The molecular formula is C6H5O4S. The lowest BCUT2D eigenvalue weighted by Crippen LogP contribution is -1.97. The van der Waals surface area contributed by atoms with Crippen LogP contribution >= 0.6 is 0 Å². The first kappa shape index (κ1) is 8.03. The molecule has 0 saturated carbocycles. The Kier molecular flexibility index (Phi) is 1.84. The Morgan fingerprint density at radius 2 is 2.09 bits per heavy atom. The van der Waals surface area contributed by atoms with Gasteiger partial charge in [-0.2, -0.15) is 8.42 Å². The first-order chi connectivity index (χ1) is 5.02. The van der Waals surface area contributed by atoms with Crippen molar-refractivity contribution in [3.63, 3.8) is 0 Å². The zero-order valence-electron chi connectivity index (χ0n) is 5.35. The van der Waals surface area contributed by atoms with Gasteiger partial charge in [-0.3, -0.25) is 4.55 Å². The van der Waals surface area contributed by atoms with Crippen molar-refractivity contribution in [3.8, 4) is 5.75 Å². The lowest BCUT2D eigenvalue weighted by Gasteiger charge is -1.97. The summed E-state index contributed by atoms with van der Waals surface area (Å²) in [6.07, 6.45) is 0. The molecule has 0 aliphatic heterocycles. The van der Waals surface area contributed by atoms with E-state index in [0.29, 0.717) is 0 Å². The molecule has 0 unspecified atom stereocenters. The number of phenolic OH excluding ortho intramolecular Hbond substituents is 1. The summed E-state index contributed by atoms with van der Waals surface area (Å²) in [5, 5.41) is 8.89. The minimum atomic E-state index is -4.31. The van der Waals surface area contributed by atoms with E-state index in [1.54, 1.807) is 0 Å². The Morgan fingerprint density at radius 1 is 1.45 bits per heavy atom. The number of aromatic hydroxyl groups is 1. The van der Waals surface area contributed by atoms with Crippen LogP contribution in [0.4, 0.5) is 0 Å². The zero-order valence-corrected chi connectivity index (χ0v) is 6.17. The lowest BCUT2D eigenvalue weighted by atomic mass is 10.3. The summed E-state index contributed by atoms with van der Waals surface area (Å²) in [5.74, 6) is -0.480. The van der Waals surface area contributed by atoms with E-state index >= 15 is 0 Å². The summed E-state index contributed by atoms with van der Waals surface area (Å²) in [7, 11) is -4.31. The SMILES string of the molecule is O=S(=O)(O)c1c[c]ccc1O. The van der Waals surface area contributed by atoms with Crippen molar-refractivity contribution < 1.29 is 18.1 Å². The van der Waals surface area contributed by atoms with Crippen LogP contribution in [0, 0.1) is 6.07 Å². The maximum Gasteiger partial charge on any atom is 0.298 e. The fourth-order valence-electron chi connectivity index (χ4n) is 0.614. The average Bonchev–Trinajstić information content (AvgIpc) is 1.86. The van der Waals surface area contributed by atoms with Gasteiger partial charge in [-0.05, 0) is 18.2 Å². The van der Waals surface area contributed by atoms with Crippen LogP contribution in [0.5, 0.6) is 5.75 Å². The van der Waals surface area contributed by atoms with Crippen molar-refractivity contribution in [3.05, 3.63) is 24.3 Å². The van der Waals surface area contributed by atoms with Crippen molar-refractivity contribution in [2.75, 3.05) is 0 Å². The summed E-state index contributed by atoms with van der Waals surface area (Å²) in [5.41, 5.74) is 0. The third-order valence-electron chi connectivity index (χ3n) is 1.08. The number of benzene rings is 1. The predicted octanol–water partition coefficient (Wildman–Crippen LogP) is 0.439. The minimum absolute atomic E-state index is 0.480. The Bertz CT molecular complexity index is 355. The normalized spacial score (nSPS) is 11.4. The van der Waals surface area contributed by atoms with Gasteiger partial charge < -0.3 is 5.11 Å². The molecule has 0 aromatic heterocycles. The molecule has 0 fully saturated rings. The second-order valence-electron chi connectivity index (χ2n) is 1.87. The number of rotatable bonds is 1. The van der Waals surface area contributed by atoms with Crippen LogP contribution in [0.2, 0.25) is 0 Å². The molecule has 1 aromatic rings. The Morgan fingerprint density at radius 3 is 2.45 bits per heavy atom. The van der Waals surface area contributed by atoms with Gasteiger partial charge in [0.25, 0.3) is 10.1 Å². The van der Waals surface area contributed by atoms with Crippen LogP contribution in [0.3, 0.4) is 0 Å². The van der Waals surface area contributed by atoms with E-state index in [4.69, 9.17) is 9.66 Å². The topological polar surface area (TPSA) is 74.6 Å². The van der Waals surface area contributed by atoms with Crippen LogP contribution in [-0.4, -0.2) is 18.1 Å². The highest BCUT2D eigenvalue weighted by atomic mass is 32.2. The van der Waals surface area contributed by atoms with Crippen molar-refractivity contribution in [2.45, 2.75) is 4.90 Å². The molecule has 0 atom stereocenters. The van der Waals surface area contributed by atoms with E-state index in [1.807, 2.05) is 0 Å². The van der Waals surface area contributed by atoms with Gasteiger partial charge in [0.1, 0.15) is 10.6 Å². The highest BCUT2D eigenvalue weighted by Crippen LogP contribution is 2.19. The van der Waals surface area contributed by atoms with E-state index in [9.17, 15) is 8.42 Å². The monoisotopic (exact) mass is 173 g/mol. The molecule has 2 N–H and O–H groups in total. The molecule has 11 heavy (non-hydrogen) atoms. The molecule has 1 rings (SSSR count). The largest absolute Gasteiger partial charge is 0.506 e. The van der Waals surface area contributed by atoms with Gasteiger partial charge in [0.2, 0.25) is 0 Å². The van der Waals surface area contributed by atoms with E-state index in [-0.39, 0.29) is 0 Å². The van der Waals surface area contributed by atoms with Crippen LogP contribution < -0.4 is 0 Å². The summed E-state index contributed by atoms with van der Waals surface area (Å²) < 4.78 is 29.3. The van der Waals surface area contributed by atoms with Crippen molar-refractivity contribution >= 4 is 10.1 Å². The van der Waals surface area contributed by atoms with Crippen LogP contribution in [0.25, 0.3) is 0 Å². The van der Waals surface area contributed by atoms with Gasteiger partial charge in [0.05, 0.1) is 0 Å². The molecule has 0 aliphatic rings. The molecule has 1 aromatic carbocycles. The third kappa shape index (κ3) is 1.69. The third-order valence-corrected chi connectivity index (χ3v) is 1.97. The molecule has 0 spiro atoms. The first-order valence-electron chi connectivity index (χ1n) is 2.68. The van der Waals surface area contributed by atoms with Crippen LogP contribution in [-0.2, 0) is 10.1 Å². The van der Waals surface area contributed by atoms with Gasteiger partial charge in [0, 0.05) is 0 Å². The first-order valence-corrected chi connectivity index (χ1v) is 4.12. The zero-order chi connectivity index (χ0) is 8.48. The second kappa shape index (κ2) is 2.52. The van der Waals surface area contributed by atoms with Crippen LogP contribution in [0.15, 0.2) is 23.1 Å². The Labute approximate surface area is 63.9 Å². The van der Waals surface area contributed by atoms with Crippen molar-refractivity contribution in [2.24, 2.45) is 0 Å². The van der Waals surface area contributed by atoms with E-state index < -0.39 is 20.8 Å². The quantitative estimate of drug-likeness (QED) is 0.604. The van der Waals surface area contributed by atoms with Crippen molar-refractivity contribution in [1.82, 2.24) is 0 Å². The van der Waals surface area contributed by atoms with E-state index in [2.05, 4.69) is 6.07 Å². The minimum Gasteiger partial charge on any atom is -0.506 e. The molecule has 0 amide bonds. The number of phenols is 1. The standard InChI is InChI=1S/C6H5O4S/c7-5-3-1-2-4-6(5)11(8,9)10/h1,3-4,7H,(H,8,9,10). The molecule has 5 heteroatoms. The van der Waals surface area contributed by atoms with Gasteiger partial charge in [0.15, 0.2) is 0 Å². The van der Waals surface area contributed by atoms with Gasteiger partial charge in [-0.1, -0.05) is 6.07 Å². The fraction of sp³-hybridized carbons (Fsp3) is 0. The van der Waals surface area contributed by atoms with Crippen molar-refractivity contribution in [1.29, 1.82) is 0 Å². The van der Waals surface area contributed by atoms with Gasteiger partial charge in [-0.15, -0.1) is 0 Å². The molecule has 59 valence electrons. The van der Waals surface area contributed by atoms with Crippen LogP contribution in [0.1, 0.15) is 0 Å². The molecule has 1 radical (unpaired) electrons. The molecule has 0 heterocycles. The number of hydrogen-bond donors (Lipinski definition) is 2. The van der Waals surface area contributed by atoms with Gasteiger partial charge in [-0.25, -0.2) is 0 Å². The predicted molar refractivity (Wildman–Crippen MR) is 36.8 cm³/mol. The second-order valence-corrected chi connectivity index (χ2v) is 3.26. The number of hydrogen-bond acceptors (Lipinski definition) is 3. The van der Waals surface area contributed by atoms with Gasteiger partial charge >= 0.3 is 0 Å². The summed E-state index contributed by atoms with van der Waals surface area (Å²) in [6, 6.07) is 5.87. The molecule has 4 nitrogen and oxygen atoms in total. The Hall–Kier alpha value is -1.07. The van der Waals surface area contributed by atoms with E-state index in [0.717, 1.165) is 12.1 Å². The summed E-state index contributed by atoms with van der Waals surface area (Å²) >= 11 is 0. The molecule has 0 bridgehead atoms. The smallest absolute Gasteiger partial charge is 0.298 e. The van der Waals surface area contributed by atoms with E-state index in [1.165, 1.54) is 6.07 Å².